The van der Waals surface area contributed by atoms with Gasteiger partial charge in [0.05, 0.1) is 0 Å². The molecule has 188 valence electrons. The van der Waals surface area contributed by atoms with Crippen molar-refractivity contribution in [2.45, 2.75) is 59.3 Å². The van der Waals surface area contributed by atoms with E-state index in [0.717, 1.165) is 51.6 Å². The summed E-state index contributed by atoms with van der Waals surface area (Å²) < 4.78 is 11.9. The predicted molar refractivity (Wildman–Crippen MR) is 139 cm³/mol. The first-order valence-electron chi connectivity index (χ1n) is 12.3. The Hall–Kier alpha value is -3.87. The molecule has 2 N–H and O–H groups in total. The van der Waals surface area contributed by atoms with Gasteiger partial charge in [0.2, 0.25) is 5.91 Å². The molecular weight excluding hydrogens is 458 g/mol. The summed E-state index contributed by atoms with van der Waals surface area (Å²) in [5, 5.41) is 13.3. The summed E-state index contributed by atoms with van der Waals surface area (Å²) in [7, 11) is 0. The van der Waals surface area contributed by atoms with Gasteiger partial charge in [0.15, 0.2) is 0 Å². The van der Waals surface area contributed by atoms with Crippen LogP contribution >= 0.6 is 0 Å². The van der Waals surface area contributed by atoms with Crippen LogP contribution < -0.4 is 10.9 Å². The Morgan fingerprint density at radius 1 is 0.889 bits per heavy atom. The number of rotatable bonds is 10. The van der Waals surface area contributed by atoms with Gasteiger partial charge in [-0.2, -0.15) is 0 Å². The van der Waals surface area contributed by atoms with E-state index in [2.05, 4.69) is 5.32 Å². The van der Waals surface area contributed by atoms with Gasteiger partial charge in [-0.3, -0.25) is 9.59 Å². The number of hydrogen-bond donors (Lipinski definition) is 2. The number of nitrogens with one attached hydrogen (secondary N) is 1. The first-order valence-corrected chi connectivity index (χ1v) is 12.3. The van der Waals surface area contributed by atoms with Gasteiger partial charge in [-0.25, -0.2) is 4.79 Å². The molecule has 0 atom stereocenters. The molecule has 1 amide bonds. The summed E-state index contributed by atoms with van der Waals surface area (Å²) in [6.07, 6.45) is 2.65. The van der Waals surface area contributed by atoms with Crippen molar-refractivity contribution in [3.63, 3.8) is 0 Å². The highest BCUT2D eigenvalue weighted by Crippen LogP contribution is 2.39. The van der Waals surface area contributed by atoms with Crippen molar-refractivity contribution in [1.29, 1.82) is 0 Å². The molecule has 4 rings (SSSR count). The van der Waals surface area contributed by atoms with Crippen LogP contribution in [0.2, 0.25) is 0 Å². The first-order chi connectivity index (χ1) is 17.3. The van der Waals surface area contributed by atoms with Gasteiger partial charge in [-0.05, 0) is 57.2 Å². The fraction of sp³-hybridized carbons (Fsp3) is 0.345. The highest BCUT2D eigenvalue weighted by atomic mass is 16.4. The molecular formula is C29H31NO6. The van der Waals surface area contributed by atoms with Gasteiger partial charge in [0, 0.05) is 46.8 Å². The van der Waals surface area contributed by atoms with Gasteiger partial charge in [0.25, 0.3) is 0 Å². The maximum Gasteiger partial charge on any atom is 0.339 e. The molecule has 0 aliphatic heterocycles. The highest BCUT2D eigenvalue weighted by molar-refractivity contribution is 6.05. The maximum absolute atomic E-state index is 12.9. The van der Waals surface area contributed by atoms with E-state index in [1.54, 1.807) is 0 Å². The third kappa shape index (κ3) is 5.20. The molecule has 7 nitrogen and oxygen atoms in total. The van der Waals surface area contributed by atoms with E-state index < -0.39 is 11.6 Å². The summed E-state index contributed by atoms with van der Waals surface area (Å²) in [4.78, 5) is 35.7. The Bertz CT molecular complexity index is 1480. The van der Waals surface area contributed by atoms with E-state index in [1.807, 2.05) is 57.2 Å². The Balaban J connectivity index is 1.57. The molecule has 0 unspecified atom stereocenters. The number of aryl methyl sites for hydroxylation is 3. The minimum atomic E-state index is -0.807. The minimum Gasteiger partial charge on any atom is -0.481 e. The lowest BCUT2D eigenvalue weighted by Crippen LogP contribution is -2.25. The minimum absolute atomic E-state index is 0.141. The lowest BCUT2D eigenvalue weighted by molar-refractivity contribution is -0.137. The standard InChI is InChI=1S/C29H31NO6/c1-17-21(13-14-24(31)30-15-9-5-8-12-25(32)33)29(34)36-27-18(2)28-23(16-22(17)27)26(19(3)35-28)20-10-6-4-7-11-20/h4,6-7,10-11,16H,5,8-9,12-15H2,1-3H3,(H,30,31)(H,32,33). The van der Waals surface area contributed by atoms with Crippen molar-refractivity contribution in [3.05, 3.63) is 69.3 Å². The number of carboxylic acid groups (broad SMARTS) is 1. The Labute approximate surface area is 209 Å². The molecule has 4 aromatic rings. The molecule has 0 saturated carbocycles. The molecule has 0 fully saturated rings. The number of amides is 1. The van der Waals surface area contributed by atoms with E-state index in [9.17, 15) is 14.4 Å². The molecule has 0 spiro atoms. The molecule has 2 aromatic carbocycles. The zero-order chi connectivity index (χ0) is 25.8. The fourth-order valence-corrected chi connectivity index (χ4v) is 4.76. The quantitative estimate of drug-likeness (QED) is 0.214. The molecule has 2 heterocycles. The van der Waals surface area contributed by atoms with Crippen LogP contribution in [-0.4, -0.2) is 23.5 Å². The molecule has 0 radical (unpaired) electrons. The SMILES string of the molecule is Cc1oc2c(C)c3oc(=O)c(CCC(=O)NCCCCCC(=O)O)c(C)c3cc2c1-c1ccccc1. The number of furan rings is 1. The average molecular weight is 490 g/mol. The van der Waals surface area contributed by atoms with E-state index in [0.29, 0.717) is 29.7 Å². The number of aliphatic carboxylic acids is 1. The lowest BCUT2D eigenvalue weighted by atomic mass is 9.96. The Morgan fingerprint density at radius 3 is 2.33 bits per heavy atom. The molecule has 7 heteroatoms. The second-order valence-electron chi connectivity index (χ2n) is 9.20. The molecule has 0 aliphatic rings. The van der Waals surface area contributed by atoms with Crippen molar-refractivity contribution in [2.24, 2.45) is 0 Å². The molecule has 36 heavy (non-hydrogen) atoms. The van der Waals surface area contributed by atoms with Gasteiger partial charge < -0.3 is 19.3 Å². The van der Waals surface area contributed by atoms with E-state index in [4.69, 9.17) is 13.9 Å². The third-order valence-electron chi connectivity index (χ3n) is 6.69. The summed E-state index contributed by atoms with van der Waals surface area (Å²) in [5.41, 5.74) is 4.94. The summed E-state index contributed by atoms with van der Waals surface area (Å²) >= 11 is 0. The van der Waals surface area contributed by atoms with Crippen LogP contribution in [0.1, 0.15) is 54.6 Å². The van der Waals surface area contributed by atoms with Crippen LogP contribution in [0, 0.1) is 20.8 Å². The zero-order valence-corrected chi connectivity index (χ0v) is 20.9. The van der Waals surface area contributed by atoms with Crippen molar-refractivity contribution in [3.8, 4) is 11.1 Å². The average Bonchev–Trinajstić information content (AvgIpc) is 3.18. The van der Waals surface area contributed by atoms with Crippen LogP contribution in [-0.2, 0) is 16.0 Å². The monoisotopic (exact) mass is 489 g/mol. The van der Waals surface area contributed by atoms with E-state index in [-0.39, 0.29) is 25.2 Å². The van der Waals surface area contributed by atoms with Gasteiger partial charge in [0.1, 0.15) is 16.9 Å². The van der Waals surface area contributed by atoms with Gasteiger partial charge in [-0.1, -0.05) is 36.8 Å². The van der Waals surface area contributed by atoms with Crippen LogP contribution in [0.3, 0.4) is 0 Å². The van der Waals surface area contributed by atoms with Gasteiger partial charge in [-0.15, -0.1) is 0 Å². The Kier molecular flexibility index (Phi) is 7.58. The number of carbonyl (C=O) groups is 2. The van der Waals surface area contributed by atoms with Gasteiger partial charge >= 0.3 is 11.6 Å². The molecule has 0 bridgehead atoms. The summed E-state index contributed by atoms with van der Waals surface area (Å²) in [5.74, 6) is -0.149. The molecule has 2 aromatic heterocycles. The number of hydrogen-bond acceptors (Lipinski definition) is 5. The second kappa shape index (κ2) is 10.8. The van der Waals surface area contributed by atoms with Crippen LogP contribution in [0.4, 0.5) is 0 Å². The normalized spacial score (nSPS) is 11.3. The summed E-state index contributed by atoms with van der Waals surface area (Å²) in [6, 6.07) is 12.1. The van der Waals surface area contributed by atoms with E-state index in [1.165, 1.54) is 0 Å². The van der Waals surface area contributed by atoms with Crippen molar-refractivity contribution in [2.75, 3.05) is 6.54 Å². The summed E-state index contributed by atoms with van der Waals surface area (Å²) in [6.45, 7) is 6.22. The highest BCUT2D eigenvalue weighted by Gasteiger charge is 2.21. The number of unbranched alkanes of at least 4 members (excludes halogenated alkanes) is 2. The second-order valence-corrected chi connectivity index (χ2v) is 9.20. The van der Waals surface area contributed by atoms with Crippen molar-refractivity contribution in [1.82, 2.24) is 5.32 Å². The molecule has 0 saturated heterocycles. The zero-order valence-electron chi connectivity index (χ0n) is 20.9. The lowest BCUT2D eigenvalue weighted by Gasteiger charge is -2.10. The van der Waals surface area contributed by atoms with Crippen LogP contribution in [0.5, 0.6) is 0 Å². The number of carbonyl (C=O) groups excluding carboxylic acids is 1. The first kappa shape index (κ1) is 25.2. The van der Waals surface area contributed by atoms with E-state index >= 15 is 0 Å². The largest absolute Gasteiger partial charge is 0.481 e. The van der Waals surface area contributed by atoms with Crippen molar-refractivity contribution >= 4 is 33.8 Å². The van der Waals surface area contributed by atoms with Crippen LogP contribution in [0.25, 0.3) is 33.1 Å². The third-order valence-corrected chi connectivity index (χ3v) is 6.69. The maximum atomic E-state index is 12.9. The fourth-order valence-electron chi connectivity index (χ4n) is 4.76. The van der Waals surface area contributed by atoms with Crippen LogP contribution in [0.15, 0.2) is 50.0 Å². The molecule has 0 aliphatic carbocycles. The smallest absolute Gasteiger partial charge is 0.339 e. The number of carboxylic acids is 1. The predicted octanol–water partition coefficient (Wildman–Crippen LogP) is 5.83. The topological polar surface area (TPSA) is 110 Å². The Morgan fingerprint density at radius 2 is 1.61 bits per heavy atom. The van der Waals surface area contributed by atoms with Crippen molar-refractivity contribution < 1.29 is 23.5 Å². The number of fused-ring (bicyclic) bond motifs is 2. The number of benzene rings is 2.